The molecule has 0 aliphatic carbocycles. The molecule has 0 aliphatic heterocycles. The fourth-order valence-electron chi connectivity index (χ4n) is 2.08. The summed E-state index contributed by atoms with van der Waals surface area (Å²) in [5, 5.41) is 5.02. The monoisotopic (exact) mass is 329 g/mol. The van der Waals surface area contributed by atoms with Gasteiger partial charge in [-0.25, -0.2) is 4.98 Å². The SMILES string of the molecule is CCc1nn2c(=O)cc(COC(=O)Cc3ccccc3)nc2s1. The van der Waals surface area contributed by atoms with Crippen LogP contribution < -0.4 is 5.56 Å². The molecule has 0 aliphatic rings. The molecule has 23 heavy (non-hydrogen) atoms. The Balaban J connectivity index is 1.69. The molecule has 0 amide bonds. The van der Waals surface area contributed by atoms with Gasteiger partial charge in [-0.3, -0.25) is 9.59 Å². The van der Waals surface area contributed by atoms with Crippen molar-refractivity contribution < 1.29 is 9.53 Å². The van der Waals surface area contributed by atoms with E-state index >= 15 is 0 Å². The third kappa shape index (κ3) is 3.62. The van der Waals surface area contributed by atoms with Crippen molar-refractivity contribution in [1.82, 2.24) is 14.6 Å². The molecule has 0 saturated heterocycles. The molecule has 2 heterocycles. The molecule has 6 nitrogen and oxygen atoms in total. The first-order valence-electron chi connectivity index (χ1n) is 7.24. The highest BCUT2D eigenvalue weighted by atomic mass is 32.1. The molecule has 0 spiro atoms. The highest BCUT2D eigenvalue weighted by molar-refractivity contribution is 7.16. The Labute approximate surface area is 136 Å². The summed E-state index contributed by atoms with van der Waals surface area (Å²) in [6, 6.07) is 10.7. The Hall–Kier alpha value is -2.54. The average Bonchev–Trinajstić information content (AvgIpc) is 2.98. The first-order valence-corrected chi connectivity index (χ1v) is 8.05. The van der Waals surface area contributed by atoms with Crippen molar-refractivity contribution in [1.29, 1.82) is 0 Å². The molecular weight excluding hydrogens is 314 g/mol. The number of rotatable bonds is 5. The quantitative estimate of drug-likeness (QED) is 0.669. The number of hydrogen-bond donors (Lipinski definition) is 0. The zero-order chi connectivity index (χ0) is 16.2. The van der Waals surface area contributed by atoms with Gasteiger partial charge in [-0.1, -0.05) is 48.6 Å². The summed E-state index contributed by atoms with van der Waals surface area (Å²) >= 11 is 1.36. The van der Waals surface area contributed by atoms with Gasteiger partial charge in [-0.15, -0.1) is 0 Å². The number of fused-ring (bicyclic) bond motifs is 1. The maximum Gasteiger partial charge on any atom is 0.310 e. The van der Waals surface area contributed by atoms with Crippen LogP contribution in [0.15, 0.2) is 41.2 Å². The van der Waals surface area contributed by atoms with Crippen LogP contribution in [-0.4, -0.2) is 20.6 Å². The molecule has 0 fully saturated rings. The van der Waals surface area contributed by atoms with Crippen LogP contribution in [0.4, 0.5) is 0 Å². The largest absolute Gasteiger partial charge is 0.459 e. The summed E-state index contributed by atoms with van der Waals surface area (Å²) < 4.78 is 6.48. The summed E-state index contributed by atoms with van der Waals surface area (Å²) in [6.45, 7) is 1.95. The van der Waals surface area contributed by atoms with E-state index in [9.17, 15) is 9.59 Å². The molecule has 118 valence electrons. The number of carbonyl (C=O) groups is 1. The number of aromatic nitrogens is 3. The predicted octanol–water partition coefficient (Wildman–Crippen LogP) is 2.00. The Morgan fingerprint density at radius 3 is 2.83 bits per heavy atom. The number of ether oxygens (including phenoxy) is 1. The van der Waals surface area contributed by atoms with Gasteiger partial charge in [0.25, 0.3) is 5.56 Å². The van der Waals surface area contributed by atoms with Gasteiger partial charge in [0.2, 0.25) is 4.96 Å². The number of esters is 1. The van der Waals surface area contributed by atoms with Crippen molar-refractivity contribution in [3.8, 4) is 0 Å². The smallest absolute Gasteiger partial charge is 0.310 e. The van der Waals surface area contributed by atoms with Gasteiger partial charge in [-0.2, -0.15) is 9.61 Å². The van der Waals surface area contributed by atoms with E-state index in [1.165, 1.54) is 21.9 Å². The average molecular weight is 329 g/mol. The Kier molecular flexibility index (Phi) is 4.47. The lowest BCUT2D eigenvalue weighted by atomic mass is 10.2. The van der Waals surface area contributed by atoms with Gasteiger partial charge in [0, 0.05) is 6.07 Å². The highest BCUT2D eigenvalue weighted by Gasteiger charge is 2.10. The molecule has 0 saturated carbocycles. The fourth-order valence-corrected chi connectivity index (χ4v) is 2.94. The number of benzene rings is 1. The van der Waals surface area contributed by atoms with Crippen molar-refractivity contribution >= 4 is 22.3 Å². The molecule has 0 atom stereocenters. The summed E-state index contributed by atoms with van der Waals surface area (Å²) in [5.74, 6) is -0.350. The standard InChI is InChI=1S/C16H15N3O3S/c1-2-13-18-19-14(20)9-12(17-16(19)23-13)10-22-15(21)8-11-6-4-3-5-7-11/h3-7,9H,2,8,10H2,1H3. The van der Waals surface area contributed by atoms with Crippen LogP contribution in [0.5, 0.6) is 0 Å². The normalized spacial score (nSPS) is 10.8. The molecule has 0 radical (unpaired) electrons. The van der Waals surface area contributed by atoms with Gasteiger partial charge in [0.05, 0.1) is 12.1 Å². The van der Waals surface area contributed by atoms with E-state index in [4.69, 9.17) is 4.74 Å². The highest BCUT2D eigenvalue weighted by Crippen LogP contribution is 2.12. The summed E-state index contributed by atoms with van der Waals surface area (Å²) in [7, 11) is 0. The Bertz CT molecular complexity index is 886. The minimum atomic E-state index is -0.350. The number of aryl methyl sites for hydroxylation is 1. The number of nitrogens with zero attached hydrogens (tertiary/aromatic N) is 3. The molecule has 3 aromatic rings. The van der Waals surface area contributed by atoms with Crippen LogP contribution in [0, 0.1) is 0 Å². The first-order chi connectivity index (χ1) is 11.2. The van der Waals surface area contributed by atoms with Crippen LogP contribution in [0.1, 0.15) is 23.2 Å². The van der Waals surface area contributed by atoms with E-state index in [-0.39, 0.29) is 24.6 Å². The van der Waals surface area contributed by atoms with Crippen molar-refractivity contribution in [3.05, 3.63) is 63.0 Å². The zero-order valence-electron chi connectivity index (χ0n) is 12.6. The Morgan fingerprint density at radius 2 is 2.09 bits per heavy atom. The second-order valence-electron chi connectivity index (χ2n) is 4.95. The predicted molar refractivity (Wildman–Crippen MR) is 86.5 cm³/mol. The summed E-state index contributed by atoms with van der Waals surface area (Å²) in [5.41, 5.74) is 1.05. The molecule has 0 bridgehead atoms. The van der Waals surface area contributed by atoms with Crippen LogP contribution >= 0.6 is 11.3 Å². The maximum absolute atomic E-state index is 12.0. The fraction of sp³-hybridized carbons (Fsp3) is 0.250. The lowest BCUT2D eigenvalue weighted by Crippen LogP contribution is -2.17. The van der Waals surface area contributed by atoms with E-state index in [0.717, 1.165) is 17.0 Å². The van der Waals surface area contributed by atoms with E-state index < -0.39 is 0 Å². The second kappa shape index (κ2) is 6.70. The molecular formula is C16H15N3O3S. The minimum Gasteiger partial charge on any atom is -0.459 e. The molecule has 0 N–H and O–H groups in total. The van der Waals surface area contributed by atoms with Gasteiger partial charge in [0.15, 0.2) is 0 Å². The summed E-state index contributed by atoms with van der Waals surface area (Å²) in [4.78, 5) is 28.7. The number of carbonyl (C=O) groups excluding carboxylic acids is 1. The molecule has 7 heteroatoms. The lowest BCUT2D eigenvalue weighted by molar-refractivity contribution is -0.144. The van der Waals surface area contributed by atoms with E-state index in [0.29, 0.717) is 10.7 Å². The van der Waals surface area contributed by atoms with Gasteiger partial charge >= 0.3 is 5.97 Å². The molecule has 0 unspecified atom stereocenters. The minimum absolute atomic E-state index is 0.0171. The first kappa shape index (κ1) is 15.4. The van der Waals surface area contributed by atoms with E-state index in [1.54, 1.807) is 0 Å². The summed E-state index contributed by atoms with van der Waals surface area (Å²) in [6.07, 6.45) is 0.942. The molecule has 1 aromatic carbocycles. The van der Waals surface area contributed by atoms with Crippen LogP contribution in [-0.2, 0) is 29.0 Å². The van der Waals surface area contributed by atoms with E-state index in [2.05, 4.69) is 10.1 Å². The van der Waals surface area contributed by atoms with Crippen LogP contribution in [0.25, 0.3) is 4.96 Å². The maximum atomic E-state index is 12.0. The van der Waals surface area contributed by atoms with Gasteiger partial charge in [-0.05, 0) is 12.0 Å². The second-order valence-corrected chi connectivity index (χ2v) is 5.99. The van der Waals surface area contributed by atoms with Gasteiger partial charge < -0.3 is 4.74 Å². The molecule has 2 aromatic heterocycles. The van der Waals surface area contributed by atoms with Crippen molar-refractivity contribution in [3.63, 3.8) is 0 Å². The van der Waals surface area contributed by atoms with Crippen molar-refractivity contribution in [2.24, 2.45) is 0 Å². The zero-order valence-corrected chi connectivity index (χ0v) is 13.4. The molecule has 3 rings (SSSR count). The van der Waals surface area contributed by atoms with Crippen LogP contribution in [0.2, 0.25) is 0 Å². The Morgan fingerprint density at radius 1 is 1.30 bits per heavy atom. The van der Waals surface area contributed by atoms with Crippen LogP contribution in [0.3, 0.4) is 0 Å². The third-order valence-corrected chi connectivity index (χ3v) is 4.27. The third-order valence-electron chi connectivity index (χ3n) is 3.21. The van der Waals surface area contributed by atoms with E-state index in [1.807, 2.05) is 37.3 Å². The van der Waals surface area contributed by atoms with Crippen molar-refractivity contribution in [2.75, 3.05) is 0 Å². The van der Waals surface area contributed by atoms with Crippen molar-refractivity contribution in [2.45, 2.75) is 26.4 Å². The topological polar surface area (TPSA) is 73.6 Å². The van der Waals surface area contributed by atoms with Gasteiger partial charge in [0.1, 0.15) is 11.6 Å². The lowest BCUT2D eigenvalue weighted by Gasteiger charge is -2.04. The number of hydrogen-bond acceptors (Lipinski definition) is 6.